The number of anilines is 1. The number of nitrogens with zero attached hydrogens (tertiary/aromatic N) is 1. The molecule has 98 valence electrons. The van der Waals surface area contributed by atoms with Gasteiger partial charge in [0.2, 0.25) is 0 Å². The summed E-state index contributed by atoms with van der Waals surface area (Å²) in [7, 11) is 0. The van der Waals surface area contributed by atoms with E-state index in [4.69, 9.17) is 9.47 Å². The zero-order valence-electron chi connectivity index (χ0n) is 10.5. The molecule has 0 spiro atoms. The van der Waals surface area contributed by atoms with Gasteiger partial charge in [-0.3, -0.25) is 0 Å². The zero-order chi connectivity index (χ0) is 12.5. The van der Waals surface area contributed by atoms with Crippen molar-refractivity contribution in [2.45, 2.75) is 13.2 Å². The van der Waals surface area contributed by atoms with Crippen LogP contribution in [0.3, 0.4) is 0 Å². The van der Waals surface area contributed by atoms with Gasteiger partial charge < -0.3 is 24.8 Å². The van der Waals surface area contributed by atoms with E-state index < -0.39 is 6.23 Å². The topological polar surface area (TPSA) is 54.0 Å². The van der Waals surface area contributed by atoms with E-state index in [9.17, 15) is 5.11 Å². The number of aliphatic hydroxyl groups excluding tert-OH is 1. The Kier molecular flexibility index (Phi) is 3.01. The smallest absolute Gasteiger partial charge is 0.185 e. The molecule has 1 fully saturated rings. The van der Waals surface area contributed by atoms with Crippen LogP contribution in [-0.4, -0.2) is 44.2 Å². The molecule has 0 bridgehead atoms. The molecule has 0 saturated carbocycles. The van der Waals surface area contributed by atoms with E-state index >= 15 is 0 Å². The van der Waals surface area contributed by atoms with Crippen molar-refractivity contribution in [2.75, 3.05) is 37.7 Å². The van der Waals surface area contributed by atoms with Crippen molar-refractivity contribution < 1.29 is 14.6 Å². The molecule has 3 rings (SSSR count). The lowest BCUT2D eigenvalue weighted by atomic mass is 10.1. The fraction of sp³-hybridized carbons (Fsp3) is 0.538. The van der Waals surface area contributed by atoms with Crippen molar-refractivity contribution in [3.05, 3.63) is 17.7 Å². The maximum Gasteiger partial charge on any atom is 0.185 e. The normalized spacial score (nSPS) is 23.0. The van der Waals surface area contributed by atoms with Gasteiger partial charge >= 0.3 is 0 Å². The van der Waals surface area contributed by atoms with Crippen LogP contribution >= 0.6 is 0 Å². The van der Waals surface area contributed by atoms with Gasteiger partial charge in [0.1, 0.15) is 19.4 Å². The first-order valence-corrected chi connectivity index (χ1v) is 6.32. The molecular formula is C13H18N2O3. The van der Waals surface area contributed by atoms with Gasteiger partial charge in [0, 0.05) is 19.6 Å². The average molecular weight is 250 g/mol. The number of aliphatic hydroxyl groups is 1. The number of hydrogen-bond donors (Lipinski definition) is 2. The summed E-state index contributed by atoms with van der Waals surface area (Å²) in [5.41, 5.74) is 1.99. The summed E-state index contributed by atoms with van der Waals surface area (Å²) in [5, 5.41) is 13.2. The summed E-state index contributed by atoms with van der Waals surface area (Å²) in [6.45, 7) is 5.35. The van der Waals surface area contributed by atoms with Gasteiger partial charge in [-0.1, -0.05) is 6.07 Å². The number of ether oxygens (including phenoxy) is 2. The number of rotatable bonds is 1. The van der Waals surface area contributed by atoms with Crippen molar-refractivity contribution in [3.8, 4) is 11.5 Å². The maximum absolute atomic E-state index is 10.1. The molecule has 1 aromatic rings. The fourth-order valence-corrected chi connectivity index (χ4v) is 2.45. The van der Waals surface area contributed by atoms with Crippen molar-refractivity contribution in [1.29, 1.82) is 0 Å². The molecule has 2 aliphatic heterocycles. The molecule has 1 atom stereocenters. The van der Waals surface area contributed by atoms with Gasteiger partial charge in [0.25, 0.3) is 0 Å². The Bertz CT molecular complexity index is 450. The SMILES string of the molecule is Cc1ccc(N2CCNCC2O)c2c1OCCO2. The van der Waals surface area contributed by atoms with Crippen LogP contribution in [0.1, 0.15) is 5.56 Å². The summed E-state index contributed by atoms with van der Waals surface area (Å²) in [4.78, 5) is 1.96. The second-order valence-electron chi connectivity index (χ2n) is 4.63. The average Bonchev–Trinajstić information content (AvgIpc) is 2.41. The molecule has 1 unspecified atom stereocenters. The minimum absolute atomic E-state index is 0.518. The Morgan fingerprint density at radius 2 is 2.06 bits per heavy atom. The molecule has 0 radical (unpaired) electrons. The summed E-state index contributed by atoms with van der Waals surface area (Å²) >= 11 is 0. The van der Waals surface area contributed by atoms with E-state index in [1.54, 1.807) is 0 Å². The highest BCUT2D eigenvalue weighted by Gasteiger charge is 2.27. The van der Waals surface area contributed by atoms with Gasteiger partial charge in [0.05, 0.1) is 5.69 Å². The van der Waals surface area contributed by atoms with Crippen LogP contribution in [0.4, 0.5) is 5.69 Å². The maximum atomic E-state index is 10.1. The van der Waals surface area contributed by atoms with Crippen LogP contribution in [-0.2, 0) is 0 Å². The monoisotopic (exact) mass is 250 g/mol. The molecule has 0 aromatic heterocycles. The Labute approximate surface area is 106 Å². The number of β-amino-alcohol motifs (C(OH)–C–C–N with tert-alkyl or cyclic N) is 1. The number of nitrogens with one attached hydrogen (secondary N) is 1. The van der Waals surface area contributed by atoms with Gasteiger partial charge in [-0.25, -0.2) is 0 Å². The number of fused-ring (bicyclic) bond motifs is 1. The second-order valence-corrected chi connectivity index (χ2v) is 4.63. The molecule has 2 N–H and O–H groups in total. The van der Waals surface area contributed by atoms with Gasteiger partial charge in [-0.2, -0.15) is 0 Å². The predicted molar refractivity (Wildman–Crippen MR) is 68.4 cm³/mol. The minimum Gasteiger partial charge on any atom is -0.486 e. The number of benzene rings is 1. The van der Waals surface area contributed by atoms with E-state index in [0.29, 0.717) is 19.8 Å². The van der Waals surface area contributed by atoms with Crippen molar-refractivity contribution in [1.82, 2.24) is 5.32 Å². The van der Waals surface area contributed by atoms with E-state index in [-0.39, 0.29) is 0 Å². The Hall–Kier alpha value is -1.46. The highest BCUT2D eigenvalue weighted by molar-refractivity contribution is 5.68. The molecule has 5 heteroatoms. The van der Waals surface area contributed by atoms with Crippen LogP contribution < -0.4 is 19.7 Å². The molecule has 2 heterocycles. The molecular weight excluding hydrogens is 232 g/mol. The van der Waals surface area contributed by atoms with E-state index in [1.807, 2.05) is 24.0 Å². The standard InChI is InChI=1S/C13H18N2O3/c1-9-2-3-10(13-12(9)17-6-7-18-13)15-5-4-14-8-11(15)16/h2-3,11,14,16H,4-8H2,1H3. The van der Waals surface area contributed by atoms with Crippen molar-refractivity contribution >= 4 is 5.69 Å². The molecule has 18 heavy (non-hydrogen) atoms. The van der Waals surface area contributed by atoms with E-state index in [1.165, 1.54) is 0 Å². The van der Waals surface area contributed by atoms with E-state index in [2.05, 4.69) is 5.32 Å². The summed E-state index contributed by atoms with van der Waals surface area (Å²) < 4.78 is 11.4. The van der Waals surface area contributed by atoms with Gasteiger partial charge in [-0.15, -0.1) is 0 Å². The number of hydrogen-bond acceptors (Lipinski definition) is 5. The quantitative estimate of drug-likeness (QED) is 0.760. The van der Waals surface area contributed by atoms with Crippen LogP contribution in [0.15, 0.2) is 12.1 Å². The summed E-state index contributed by atoms with van der Waals surface area (Å²) in [6, 6.07) is 4.01. The number of aryl methyl sites for hydroxylation is 1. The van der Waals surface area contributed by atoms with E-state index in [0.717, 1.165) is 35.8 Å². The largest absolute Gasteiger partial charge is 0.486 e. The third-order valence-corrected chi connectivity index (χ3v) is 3.39. The summed E-state index contributed by atoms with van der Waals surface area (Å²) in [6.07, 6.45) is -0.518. The lowest BCUT2D eigenvalue weighted by molar-refractivity contribution is 0.145. The lowest BCUT2D eigenvalue weighted by Gasteiger charge is -2.36. The Morgan fingerprint density at radius 1 is 1.28 bits per heavy atom. The third-order valence-electron chi connectivity index (χ3n) is 3.39. The Morgan fingerprint density at radius 3 is 2.83 bits per heavy atom. The molecule has 2 aliphatic rings. The van der Waals surface area contributed by atoms with Crippen molar-refractivity contribution in [2.24, 2.45) is 0 Å². The van der Waals surface area contributed by atoms with Crippen LogP contribution in [0, 0.1) is 6.92 Å². The first kappa shape index (κ1) is 11.6. The summed E-state index contributed by atoms with van der Waals surface area (Å²) in [5.74, 6) is 1.58. The molecule has 0 aliphatic carbocycles. The molecule has 1 saturated heterocycles. The number of piperazine rings is 1. The lowest BCUT2D eigenvalue weighted by Crippen LogP contribution is -2.51. The third kappa shape index (κ3) is 1.89. The molecule has 0 amide bonds. The first-order valence-electron chi connectivity index (χ1n) is 6.32. The Balaban J connectivity index is 2.01. The fourth-order valence-electron chi connectivity index (χ4n) is 2.45. The van der Waals surface area contributed by atoms with Crippen LogP contribution in [0.2, 0.25) is 0 Å². The zero-order valence-corrected chi connectivity index (χ0v) is 10.5. The van der Waals surface area contributed by atoms with Crippen LogP contribution in [0.25, 0.3) is 0 Å². The van der Waals surface area contributed by atoms with Gasteiger partial charge in [0.15, 0.2) is 11.5 Å². The molecule has 1 aromatic carbocycles. The van der Waals surface area contributed by atoms with Crippen LogP contribution in [0.5, 0.6) is 11.5 Å². The highest BCUT2D eigenvalue weighted by Crippen LogP contribution is 2.42. The first-order chi connectivity index (χ1) is 8.77. The second kappa shape index (κ2) is 4.66. The molecule has 5 nitrogen and oxygen atoms in total. The van der Waals surface area contributed by atoms with Crippen molar-refractivity contribution in [3.63, 3.8) is 0 Å². The van der Waals surface area contributed by atoms with Gasteiger partial charge in [-0.05, 0) is 18.6 Å². The highest BCUT2D eigenvalue weighted by atomic mass is 16.6. The predicted octanol–water partition coefficient (Wildman–Crippen LogP) is 0.494. The minimum atomic E-state index is -0.518.